The molecule has 0 saturated carbocycles. The van der Waals surface area contributed by atoms with Crippen molar-refractivity contribution in [1.29, 1.82) is 0 Å². The highest BCUT2D eigenvalue weighted by molar-refractivity contribution is 8.00. The summed E-state index contributed by atoms with van der Waals surface area (Å²) in [7, 11) is 1.59. The molecule has 1 aliphatic heterocycles. The Labute approximate surface area is 121 Å². The van der Waals surface area contributed by atoms with Crippen LogP contribution in [0.25, 0.3) is 0 Å². The Morgan fingerprint density at radius 3 is 2.90 bits per heavy atom. The smallest absolute Gasteiger partial charge is 0.327 e. The summed E-state index contributed by atoms with van der Waals surface area (Å²) in [5.41, 5.74) is 1.39. The number of rotatable bonds is 4. The third kappa shape index (κ3) is 2.96. The number of carbonyl (C=O) groups excluding carboxylic acids is 1. The van der Waals surface area contributed by atoms with Gasteiger partial charge in [-0.15, -0.1) is 11.8 Å². The van der Waals surface area contributed by atoms with Crippen LogP contribution in [-0.4, -0.2) is 46.2 Å². The Kier molecular flexibility index (Phi) is 4.67. The minimum Gasteiger partial charge on any atom is -0.480 e. The zero-order valence-electron chi connectivity index (χ0n) is 11.4. The van der Waals surface area contributed by atoms with Crippen LogP contribution in [0.5, 0.6) is 0 Å². The van der Waals surface area contributed by atoms with Gasteiger partial charge in [0.1, 0.15) is 6.04 Å². The van der Waals surface area contributed by atoms with Crippen LogP contribution in [-0.2, 0) is 16.1 Å². The molecule has 1 heterocycles. The molecule has 1 N–H and O–H groups in total. The van der Waals surface area contributed by atoms with Crippen LogP contribution in [0.15, 0.2) is 24.3 Å². The van der Waals surface area contributed by atoms with E-state index in [-0.39, 0.29) is 11.3 Å². The number of methoxy groups -OCH3 is 1. The monoisotopic (exact) mass is 295 g/mol. The Morgan fingerprint density at radius 1 is 1.50 bits per heavy atom. The predicted octanol–water partition coefficient (Wildman–Crippen LogP) is 1.82. The summed E-state index contributed by atoms with van der Waals surface area (Å²) in [6, 6.07) is 6.35. The second kappa shape index (κ2) is 6.28. The number of amides is 1. The molecule has 0 spiro atoms. The van der Waals surface area contributed by atoms with Crippen LogP contribution < -0.4 is 0 Å². The molecule has 1 aliphatic rings. The number of hydrogen-bond donors (Lipinski definition) is 1. The molecule has 1 amide bonds. The van der Waals surface area contributed by atoms with Crippen LogP contribution in [0, 0.1) is 0 Å². The van der Waals surface area contributed by atoms with Crippen LogP contribution >= 0.6 is 11.8 Å². The highest BCUT2D eigenvalue weighted by atomic mass is 32.2. The van der Waals surface area contributed by atoms with Gasteiger partial charge in [-0.05, 0) is 24.6 Å². The summed E-state index contributed by atoms with van der Waals surface area (Å²) in [4.78, 5) is 25.2. The molecule has 2 rings (SSSR count). The average Bonchev–Trinajstić information content (AvgIpc) is 2.81. The topological polar surface area (TPSA) is 66.8 Å². The molecule has 2 unspecified atom stereocenters. The van der Waals surface area contributed by atoms with Gasteiger partial charge in [0.05, 0.1) is 12.0 Å². The quantitative estimate of drug-likeness (QED) is 0.918. The molecule has 0 aliphatic carbocycles. The fourth-order valence-electron chi connectivity index (χ4n) is 2.25. The van der Waals surface area contributed by atoms with Crippen molar-refractivity contribution in [3.63, 3.8) is 0 Å². The third-order valence-corrected chi connectivity index (χ3v) is 4.45. The molecule has 1 aromatic rings. The fourth-order valence-corrected chi connectivity index (χ4v) is 3.42. The van der Waals surface area contributed by atoms with Crippen molar-refractivity contribution in [3.05, 3.63) is 35.4 Å². The van der Waals surface area contributed by atoms with Crippen LogP contribution in [0.2, 0.25) is 0 Å². The molecular weight excluding hydrogens is 278 g/mol. The minimum absolute atomic E-state index is 0.130. The van der Waals surface area contributed by atoms with Gasteiger partial charge in [0.2, 0.25) is 0 Å². The fraction of sp³-hybridized carbons (Fsp3) is 0.429. The van der Waals surface area contributed by atoms with Gasteiger partial charge in [-0.2, -0.15) is 0 Å². The average molecular weight is 295 g/mol. The van der Waals surface area contributed by atoms with Crippen molar-refractivity contribution < 1.29 is 19.4 Å². The number of nitrogens with zero attached hydrogens (tertiary/aromatic N) is 1. The molecule has 2 atom stereocenters. The first-order chi connectivity index (χ1) is 9.54. The zero-order chi connectivity index (χ0) is 14.7. The minimum atomic E-state index is -0.955. The SMILES string of the molecule is COCc1cccc(C(=O)N2C(C)SCC2C(=O)O)c1. The Bertz CT molecular complexity index is 520. The second-order valence-corrected chi connectivity index (χ2v) is 5.98. The maximum atomic E-state index is 12.5. The van der Waals surface area contributed by atoms with E-state index in [0.29, 0.717) is 17.9 Å². The lowest BCUT2D eigenvalue weighted by Gasteiger charge is -2.25. The molecule has 0 aromatic heterocycles. The van der Waals surface area contributed by atoms with Crippen molar-refractivity contribution >= 4 is 23.6 Å². The lowest BCUT2D eigenvalue weighted by molar-refractivity contribution is -0.141. The van der Waals surface area contributed by atoms with E-state index in [1.165, 1.54) is 16.7 Å². The summed E-state index contributed by atoms with van der Waals surface area (Å²) in [5, 5.41) is 9.08. The highest BCUT2D eigenvalue weighted by Crippen LogP contribution is 2.30. The van der Waals surface area contributed by atoms with Crippen LogP contribution in [0.1, 0.15) is 22.8 Å². The molecule has 1 saturated heterocycles. The number of thioether (sulfide) groups is 1. The van der Waals surface area contributed by atoms with E-state index in [1.807, 2.05) is 13.0 Å². The molecule has 108 valence electrons. The van der Waals surface area contributed by atoms with Gasteiger partial charge in [-0.1, -0.05) is 12.1 Å². The van der Waals surface area contributed by atoms with E-state index < -0.39 is 12.0 Å². The Morgan fingerprint density at radius 2 is 2.25 bits per heavy atom. The first-order valence-corrected chi connectivity index (χ1v) is 7.34. The van der Waals surface area contributed by atoms with E-state index in [4.69, 9.17) is 4.74 Å². The normalized spacial score (nSPS) is 22.0. The molecule has 6 heteroatoms. The Balaban J connectivity index is 2.25. The zero-order valence-corrected chi connectivity index (χ0v) is 12.2. The first kappa shape index (κ1) is 14.9. The van der Waals surface area contributed by atoms with Crippen molar-refractivity contribution in [3.8, 4) is 0 Å². The van der Waals surface area contributed by atoms with E-state index in [2.05, 4.69) is 0 Å². The van der Waals surface area contributed by atoms with E-state index in [1.54, 1.807) is 25.3 Å². The maximum absolute atomic E-state index is 12.5. The van der Waals surface area contributed by atoms with Gasteiger partial charge in [-0.3, -0.25) is 4.79 Å². The van der Waals surface area contributed by atoms with Crippen molar-refractivity contribution in [2.24, 2.45) is 0 Å². The molecule has 1 fully saturated rings. The number of carbonyl (C=O) groups is 2. The van der Waals surface area contributed by atoms with Crippen LogP contribution in [0.3, 0.4) is 0 Å². The standard InChI is InChI=1S/C14H17NO4S/c1-9-15(12(8-20-9)14(17)18)13(16)11-5-3-4-10(6-11)7-19-2/h3-6,9,12H,7-8H2,1-2H3,(H,17,18). The summed E-state index contributed by atoms with van der Waals surface area (Å²) < 4.78 is 5.05. The molecular formula is C14H17NO4S. The summed E-state index contributed by atoms with van der Waals surface area (Å²) >= 11 is 1.48. The molecule has 1 aromatic carbocycles. The summed E-state index contributed by atoms with van der Waals surface area (Å²) in [5.74, 6) is -0.767. The van der Waals surface area contributed by atoms with Gasteiger partial charge in [-0.25, -0.2) is 4.79 Å². The van der Waals surface area contributed by atoms with Crippen LogP contribution in [0.4, 0.5) is 0 Å². The lowest BCUT2D eigenvalue weighted by atomic mass is 10.1. The lowest BCUT2D eigenvalue weighted by Crippen LogP contribution is -2.44. The van der Waals surface area contributed by atoms with Crippen molar-refractivity contribution in [2.75, 3.05) is 12.9 Å². The van der Waals surface area contributed by atoms with Crippen molar-refractivity contribution in [2.45, 2.75) is 24.9 Å². The van der Waals surface area contributed by atoms with Gasteiger partial charge >= 0.3 is 5.97 Å². The van der Waals surface area contributed by atoms with E-state index in [0.717, 1.165) is 5.56 Å². The summed E-state index contributed by atoms with van der Waals surface area (Å²) in [6.45, 7) is 2.28. The first-order valence-electron chi connectivity index (χ1n) is 6.29. The highest BCUT2D eigenvalue weighted by Gasteiger charge is 2.39. The molecule has 5 nitrogen and oxygen atoms in total. The maximum Gasteiger partial charge on any atom is 0.327 e. The summed E-state index contributed by atoms with van der Waals surface area (Å²) in [6.07, 6.45) is 0. The van der Waals surface area contributed by atoms with Gasteiger partial charge < -0.3 is 14.7 Å². The molecule has 0 bridgehead atoms. The van der Waals surface area contributed by atoms with Crippen molar-refractivity contribution in [1.82, 2.24) is 4.90 Å². The Hall–Kier alpha value is -1.53. The number of hydrogen-bond acceptors (Lipinski definition) is 4. The number of carboxylic acid groups (broad SMARTS) is 1. The third-order valence-electron chi connectivity index (χ3n) is 3.23. The molecule has 20 heavy (non-hydrogen) atoms. The van der Waals surface area contributed by atoms with E-state index in [9.17, 15) is 14.7 Å². The number of benzene rings is 1. The number of carboxylic acids is 1. The van der Waals surface area contributed by atoms with Gasteiger partial charge in [0.15, 0.2) is 0 Å². The number of aliphatic carboxylic acids is 1. The largest absolute Gasteiger partial charge is 0.480 e. The second-order valence-electron chi connectivity index (χ2n) is 4.63. The number of ether oxygens (including phenoxy) is 1. The van der Waals surface area contributed by atoms with Gasteiger partial charge in [0.25, 0.3) is 5.91 Å². The van der Waals surface area contributed by atoms with E-state index >= 15 is 0 Å². The van der Waals surface area contributed by atoms with Gasteiger partial charge in [0, 0.05) is 18.4 Å². The predicted molar refractivity (Wildman–Crippen MR) is 76.7 cm³/mol. The molecule has 0 radical (unpaired) electrons.